The fourth-order valence-electron chi connectivity index (χ4n) is 7.68. The molecule has 4 aliphatic rings. The Morgan fingerprint density at radius 2 is 1.92 bits per heavy atom. The number of aliphatic hydroxyl groups excluding tert-OH is 2. The molecule has 0 aliphatic heterocycles. The lowest BCUT2D eigenvalue weighted by Crippen LogP contribution is -2.68. The Morgan fingerprint density at radius 3 is 2.58 bits per heavy atom. The van der Waals surface area contributed by atoms with E-state index in [2.05, 4.69) is 13.5 Å². The number of allylic oxidation sites excluding steroid dienone is 1. The summed E-state index contributed by atoms with van der Waals surface area (Å²) in [6.07, 6.45) is 4.46. The SMILES string of the molecule is C=C1CC23CC1CCC2C1(C)CCCC(C)(C(=O)O)C1C(O)C3O. The van der Waals surface area contributed by atoms with Gasteiger partial charge < -0.3 is 15.3 Å². The number of aliphatic carboxylic acids is 1. The first-order valence-electron chi connectivity index (χ1n) is 9.44. The lowest BCUT2D eigenvalue weighted by Gasteiger charge is -2.66. The zero-order chi connectivity index (χ0) is 17.5. The summed E-state index contributed by atoms with van der Waals surface area (Å²) < 4.78 is 0. The molecule has 0 aromatic heterocycles. The average molecular weight is 334 g/mol. The van der Waals surface area contributed by atoms with E-state index >= 15 is 0 Å². The quantitative estimate of drug-likeness (QED) is 0.644. The van der Waals surface area contributed by atoms with Crippen LogP contribution < -0.4 is 0 Å². The zero-order valence-electron chi connectivity index (χ0n) is 14.8. The van der Waals surface area contributed by atoms with Gasteiger partial charge in [-0.3, -0.25) is 4.79 Å². The highest BCUT2D eigenvalue weighted by atomic mass is 16.4. The van der Waals surface area contributed by atoms with E-state index in [-0.39, 0.29) is 22.7 Å². The molecule has 4 rings (SSSR count). The van der Waals surface area contributed by atoms with Crippen molar-refractivity contribution in [3.63, 3.8) is 0 Å². The smallest absolute Gasteiger partial charge is 0.309 e. The number of fused-ring (bicyclic) bond motifs is 3. The molecule has 0 amide bonds. The Hall–Kier alpha value is -0.870. The normalized spacial score (nSPS) is 56.5. The fourth-order valence-corrected chi connectivity index (χ4v) is 7.68. The summed E-state index contributed by atoms with van der Waals surface area (Å²) >= 11 is 0. The van der Waals surface area contributed by atoms with Crippen molar-refractivity contribution in [2.75, 3.05) is 0 Å². The van der Waals surface area contributed by atoms with Crippen LogP contribution in [0.25, 0.3) is 0 Å². The van der Waals surface area contributed by atoms with Gasteiger partial charge in [0.15, 0.2) is 0 Å². The van der Waals surface area contributed by atoms with Crippen LogP contribution in [0.1, 0.15) is 58.8 Å². The van der Waals surface area contributed by atoms with Crippen molar-refractivity contribution >= 4 is 5.97 Å². The van der Waals surface area contributed by atoms with E-state index in [0.717, 1.165) is 38.5 Å². The van der Waals surface area contributed by atoms with Crippen LogP contribution in [0.3, 0.4) is 0 Å². The van der Waals surface area contributed by atoms with E-state index in [4.69, 9.17) is 0 Å². The van der Waals surface area contributed by atoms with Gasteiger partial charge in [0.1, 0.15) is 0 Å². The Bertz CT molecular complexity index is 600. The van der Waals surface area contributed by atoms with E-state index in [1.165, 1.54) is 5.57 Å². The zero-order valence-corrected chi connectivity index (χ0v) is 14.8. The van der Waals surface area contributed by atoms with Crippen molar-refractivity contribution in [2.24, 2.45) is 34.0 Å². The van der Waals surface area contributed by atoms with Crippen molar-refractivity contribution < 1.29 is 20.1 Å². The van der Waals surface area contributed by atoms with Gasteiger partial charge >= 0.3 is 5.97 Å². The van der Waals surface area contributed by atoms with Crippen LogP contribution in [0.15, 0.2) is 12.2 Å². The third-order valence-electron chi connectivity index (χ3n) is 8.60. The highest BCUT2D eigenvalue weighted by molar-refractivity contribution is 5.75. The van der Waals surface area contributed by atoms with Crippen LogP contribution in [0.4, 0.5) is 0 Å². The van der Waals surface area contributed by atoms with Crippen molar-refractivity contribution in [1.29, 1.82) is 0 Å². The molecule has 0 aromatic carbocycles. The molecule has 24 heavy (non-hydrogen) atoms. The van der Waals surface area contributed by atoms with Gasteiger partial charge in [0.25, 0.3) is 0 Å². The van der Waals surface area contributed by atoms with Gasteiger partial charge in [-0.1, -0.05) is 25.5 Å². The molecule has 0 heterocycles. The molecule has 4 aliphatic carbocycles. The minimum Gasteiger partial charge on any atom is -0.481 e. The molecule has 4 fully saturated rings. The second-order valence-electron chi connectivity index (χ2n) is 9.59. The maximum Gasteiger partial charge on any atom is 0.309 e. The van der Waals surface area contributed by atoms with Gasteiger partial charge in [-0.25, -0.2) is 0 Å². The highest BCUT2D eigenvalue weighted by Gasteiger charge is 2.71. The van der Waals surface area contributed by atoms with Gasteiger partial charge in [0.2, 0.25) is 0 Å². The Labute approximate surface area is 144 Å². The summed E-state index contributed by atoms with van der Waals surface area (Å²) in [5.74, 6) is -0.460. The monoisotopic (exact) mass is 334 g/mol. The standard InChI is InChI=1S/C20H30O4/c1-11-9-20-10-12(11)5-6-13(20)18(2)7-4-8-19(3,17(23)24)15(18)14(21)16(20)22/h12-16,21-22H,1,4-10H2,2-3H3,(H,23,24). The van der Waals surface area contributed by atoms with Crippen molar-refractivity contribution in [3.8, 4) is 0 Å². The van der Waals surface area contributed by atoms with Gasteiger partial charge in [-0.05, 0) is 62.7 Å². The summed E-state index contributed by atoms with van der Waals surface area (Å²) in [4.78, 5) is 12.1. The van der Waals surface area contributed by atoms with Crippen LogP contribution in [0.2, 0.25) is 0 Å². The van der Waals surface area contributed by atoms with Crippen LogP contribution >= 0.6 is 0 Å². The van der Waals surface area contributed by atoms with Crippen LogP contribution in [-0.2, 0) is 4.79 Å². The summed E-state index contributed by atoms with van der Waals surface area (Å²) in [6, 6.07) is 0. The predicted molar refractivity (Wildman–Crippen MR) is 90.2 cm³/mol. The molecular formula is C20H30O4. The lowest BCUT2D eigenvalue weighted by atomic mass is 9.39. The van der Waals surface area contributed by atoms with Crippen molar-refractivity contribution in [3.05, 3.63) is 12.2 Å². The van der Waals surface area contributed by atoms with E-state index in [9.17, 15) is 20.1 Å². The molecule has 0 aromatic rings. The molecule has 8 atom stereocenters. The Balaban J connectivity index is 1.85. The maximum atomic E-state index is 12.1. The van der Waals surface area contributed by atoms with Gasteiger partial charge in [0, 0.05) is 11.3 Å². The molecule has 4 saturated carbocycles. The molecule has 0 radical (unpaired) electrons. The first-order valence-corrected chi connectivity index (χ1v) is 9.44. The molecule has 1 spiro atoms. The largest absolute Gasteiger partial charge is 0.481 e. The summed E-state index contributed by atoms with van der Waals surface area (Å²) in [5.41, 5.74) is -0.245. The van der Waals surface area contributed by atoms with E-state index in [0.29, 0.717) is 12.3 Å². The van der Waals surface area contributed by atoms with Crippen LogP contribution in [0.5, 0.6) is 0 Å². The Morgan fingerprint density at radius 1 is 1.21 bits per heavy atom. The first kappa shape index (κ1) is 16.6. The molecule has 0 saturated heterocycles. The fraction of sp³-hybridized carbons (Fsp3) is 0.850. The number of carboxylic acids is 1. The lowest BCUT2D eigenvalue weighted by molar-refractivity contribution is -0.254. The molecular weight excluding hydrogens is 304 g/mol. The molecule has 134 valence electrons. The summed E-state index contributed by atoms with van der Waals surface area (Å²) in [7, 11) is 0. The summed E-state index contributed by atoms with van der Waals surface area (Å²) in [5, 5.41) is 32.2. The molecule has 3 N–H and O–H groups in total. The number of aliphatic hydroxyl groups is 2. The predicted octanol–water partition coefficient (Wildman–Crippen LogP) is 2.98. The van der Waals surface area contributed by atoms with E-state index in [1.807, 2.05) is 0 Å². The first-order chi connectivity index (χ1) is 11.2. The molecule has 4 nitrogen and oxygen atoms in total. The second kappa shape index (κ2) is 4.85. The second-order valence-corrected chi connectivity index (χ2v) is 9.59. The average Bonchev–Trinajstić information content (AvgIpc) is 2.76. The summed E-state index contributed by atoms with van der Waals surface area (Å²) in [6.45, 7) is 8.22. The molecule has 4 heteroatoms. The van der Waals surface area contributed by atoms with E-state index < -0.39 is 23.6 Å². The van der Waals surface area contributed by atoms with Gasteiger partial charge in [-0.15, -0.1) is 0 Å². The Kier molecular flexibility index (Phi) is 3.35. The van der Waals surface area contributed by atoms with Crippen LogP contribution in [-0.4, -0.2) is 33.5 Å². The molecule has 8 unspecified atom stereocenters. The van der Waals surface area contributed by atoms with Gasteiger partial charge in [-0.2, -0.15) is 0 Å². The molecule has 2 bridgehead atoms. The van der Waals surface area contributed by atoms with Crippen LogP contribution in [0, 0.1) is 34.0 Å². The topological polar surface area (TPSA) is 77.8 Å². The minimum atomic E-state index is -0.961. The third kappa shape index (κ3) is 1.74. The third-order valence-corrected chi connectivity index (χ3v) is 8.60. The number of rotatable bonds is 1. The van der Waals surface area contributed by atoms with Crippen molar-refractivity contribution in [1.82, 2.24) is 0 Å². The van der Waals surface area contributed by atoms with E-state index in [1.54, 1.807) is 6.92 Å². The number of carboxylic acid groups (broad SMARTS) is 1. The maximum absolute atomic E-state index is 12.1. The number of carbonyl (C=O) groups is 1. The van der Waals surface area contributed by atoms with Crippen molar-refractivity contribution in [2.45, 2.75) is 71.0 Å². The number of hydrogen-bond donors (Lipinski definition) is 3. The highest BCUT2D eigenvalue weighted by Crippen LogP contribution is 2.72. The van der Waals surface area contributed by atoms with Gasteiger partial charge in [0.05, 0.1) is 17.6 Å². The number of hydrogen-bond acceptors (Lipinski definition) is 3. The minimum absolute atomic E-state index is 0.223.